The van der Waals surface area contributed by atoms with Crippen LogP contribution in [-0.4, -0.2) is 41.1 Å². The molecule has 1 spiro atoms. The Bertz CT molecular complexity index is 676. The fourth-order valence-corrected chi connectivity index (χ4v) is 2.91. The van der Waals surface area contributed by atoms with Gasteiger partial charge in [0.25, 0.3) is 5.91 Å². The molecule has 1 N–H and O–H groups in total. The van der Waals surface area contributed by atoms with E-state index in [0.29, 0.717) is 37.2 Å². The fourth-order valence-electron chi connectivity index (χ4n) is 2.91. The van der Waals surface area contributed by atoms with Gasteiger partial charge in [0.05, 0.1) is 6.54 Å². The molecule has 2 heterocycles. The van der Waals surface area contributed by atoms with Gasteiger partial charge in [-0.3, -0.25) is 9.59 Å². The summed E-state index contributed by atoms with van der Waals surface area (Å²) in [4.78, 5) is 30.7. The Kier molecular flexibility index (Phi) is 4.02. The Hall–Kier alpha value is -2.44. The topological polar surface area (TPSA) is 71.0 Å². The Labute approximate surface area is 133 Å². The fraction of sp³-hybridized carbons (Fsp3) is 0.438. The zero-order valence-electron chi connectivity index (χ0n) is 12.8. The van der Waals surface area contributed by atoms with E-state index in [1.807, 2.05) is 0 Å². The highest BCUT2D eigenvalue weighted by molar-refractivity contribution is 6.39. The van der Waals surface area contributed by atoms with Crippen LogP contribution in [0.15, 0.2) is 29.4 Å². The summed E-state index contributed by atoms with van der Waals surface area (Å²) in [5, 5.41) is 6.60. The molecule has 2 aliphatic heterocycles. The molecule has 0 unspecified atom stereocenters. The van der Waals surface area contributed by atoms with Crippen molar-refractivity contribution in [1.82, 2.24) is 10.2 Å². The molecule has 1 aromatic rings. The summed E-state index contributed by atoms with van der Waals surface area (Å²) in [5.74, 6) is -0.672. The molecular formula is C16H18FN3O3. The molecule has 0 aliphatic carbocycles. The average Bonchev–Trinajstić information content (AvgIpc) is 3.13. The first-order chi connectivity index (χ1) is 11.0. The number of hydrogen-bond donors (Lipinski definition) is 1. The van der Waals surface area contributed by atoms with Gasteiger partial charge in [-0.25, -0.2) is 4.39 Å². The molecule has 2 amide bonds. The Balaban J connectivity index is 1.55. The molecule has 0 saturated carbocycles. The normalized spacial score (nSPS) is 22.9. The Morgan fingerprint density at radius 1 is 1.48 bits per heavy atom. The molecule has 3 rings (SSSR count). The first-order valence-corrected chi connectivity index (χ1v) is 7.51. The predicted molar refractivity (Wildman–Crippen MR) is 81.0 cm³/mol. The SMILES string of the molecule is CC(=O)N1CC[C@]2(CC(C(=O)NCc3cccc(F)c3)=NO2)C1. The number of carbonyl (C=O) groups excluding carboxylic acids is 2. The highest BCUT2D eigenvalue weighted by Crippen LogP contribution is 2.33. The molecule has 0 aromatic heterocycles. The van der Waals surface area contributed by atoms with E-state index >= 15 is 0 Å². The Morgan fingerprint density at radius 2 is 2.30 bits per heavy atom. The molecule has 1 fully saturated rings. The van der Waals surface area contributed by atoms with E-state index in [0.717, 1.165) is 0 Å². The van der Waals surface area contributed by atoms with Crippen molar-refractivity contribution in [1.29, 1.82) is 0 Å². The highest BCUT2D eigenvalue weighted by Gasteiger charge is 2.47. The molecule has 1 atom stereocenters. The van der Waals surface area contributed by atoms with Crippen LogP contribution >= 0.6 is 0 Å². The highest BCUT2D eigenvalue weighted by atomic mass is 19.1. The number of nitrogens with zero attached hydrogens (tertiary/aromatic N) is 2. The minimum Gasteiger partial charge on any atom is -0.386 e. The van der Waals surface area contributed by atoms with E-state index < -0.39 is 5.60 Å². The van der Waals surface area contributed by atoms with Crippen LogP contribution in [0.5, 0.6) is 0 Å². The predicted octanol–water partition coefficient (Wildman–Crippen LogP) is 1.21. The molecule has 0 radical (unpaired) electrons. The van der Waals surface area contributed by atoms with Gasteiger partial charge in [0, 0.05) is 32.9 Å². The number of oxime groups is 1. The molecular weight excluding hydrogens is 301 g/mol. The molecule has 1 aromatic carbocycles. The molecule has 7 heteroatoms. The van der Waals surface area contributed by atoms with Crippen molar-refractivity contribution < 1.29 is 18.8 Å². The van der Waals surface area contributed by atoms with Crippen LogP contribution < -0.4 is 5.32 Å². The lowest BCUT2D eigenvalue weighted by Crippen LogP contribution is -2.37. The minimum absolute atomic E-state index is 0.00511. The van der Waals surface area contributed by atoms with E-state index in [1.165, 1.54) is 19.1 Å². The van der Waals surface area contributed by atoms with E-state index in [2.05, 4.69) is 10.5 Å². The van der Waals surface area contributed by atoms with E-state index in [9.17, 15) is 14.0 Å². The summed E-state index contributed by atoms with van der Waals surface area (Å²) in [6.45, 7) is 2.80. The lowest BCUT2D eigenvalue weighted by molar-refractivity contribution is -0.129. The monoisotopic (exact) mass is 319 g/mol. The molecule has 6 nitrogen and oxygen atoms in total. The van der Waals surface area contributed by atoms with Gasteiger partial charge in [0.2, 0.25) is 5.91 Å². The van der Waals surface area contributed by atoms with Crippen molar-refractivity contribution in [3.8, 4) is 0 Å². The molecule has 1 saturated heterocycles. The van der Waals surface area contributed by atoms with Gasteiger partial charge in [0.15, 0.2) is 5.60 Å². The zero-order valence-corrected chi connectivity index (χ0v) is 12.8. The number of nitrogens with one attached hydrogen (secondary N) is 1. The minimum atomic E-state index is -0.572. The third-order valence-corrected chi connectivity index (χ3v) is 4.20. The second-order valence-corrected chi connectivity index (χ2v) is 5.99. The second kappa shape index (κ2) is 5.98. The summed E-state index contributed by atoms with van der Waals surface area (Å²) in [7, 11) is 0. The first-order valence-electron chi connectivity index (χ1n) is 7.51. The molecule has 0 bridgehead atoms. The third-order valence-electron chi connectivity index (χ3n) is 4.20. The van der Waals surface area contributed by atoms with Crippen LogP contribution in [0.4, 0.5) is 4.39 Å². The van der Waals surface area contributed by atoms with Crippen molar-refractivity contribution in [3.05, 3.63) is 35.6 Å². The van der Waals surface area contributed by atoms with Crippen LogP contribution in [0.3, 0.4) is 0 Å². The van der Waals surface area contributed by atoms with Crippen molar-refractivity contribution in [3.63, 3.8) is 0 Å². The lowest BCUT2D eigenvalue weighted by Gasteiger charge is -2.20. The van der Waals surface area contributed by atoms with Crippen molar-refractivity contribution in [2.24, 2.45) is 5.16 Å². The van der Waals surface area contributed by atoms with Crippen LogP contribution in [0.25, 0.3) is 0 Å². The Morgan fingerprint density at radius 3 is 3.00 bits per heavy atom. The average molecular weight is 319 g/mol. The standard InChI is InChI=1S/C16H18FN3O3/c1-11(21)20-6-5-16(10-20)8-14(19-23-16)15(22)18-9-12-3-2-4-13(17)7-12/h2-4,7H,5-6,8-10H2,1H3,(H,18,22)/t16-/m0/s1. The van der Waals surface area contributed by atoms with Gasteiger partial charge in [-0.05, 0) is 17.7 Å². The van der Waals surface area contributed by atoms with Gasteiger partial charge in [-0.1, -0.05) is 17.3 Å². The number of halogens is 1. The maximum atomic E-state index is 13.1. The van der Waals surface area contributed by atoms with E-state index in [4.69, 9.17) is 4.84 Å². The van der Waals surface area contributed by atoms with E-state index in [-0.39, 0.29) is 24.2 Å². The third kappa shape index (κ3) is 3.33. The number of benzene rings is 1. The number of carbonyl (C=O) groups is 2. The van der Waals surface area contributed by atoms with E-state index in [1.54, 1.807) is 17.0 Å². The number of rotatable bonds is 3. The largest absolute Gasteiger partial charge is 0.386 e. The van der Waals surface area contributed by atoms with Crippen molar-refractivity contribution in [2.75, 3.05) is 13.1 Å². The van der Waals surface area contributed by atoms with Crippen LogP contribution in [0.2, 0.25) is 0 Å². The zero-order chi connectivity index (χ0) is 16.4. The maximum Gasteiger partial charge on any atom is 0.269 e. The number of hydrogen-bond acceptors (Lipinski definition) is 4. The van der Waals surface area contributed by atoms with Crippen LogP contribution in [0, 0.1) is 5.82 Å². The summed E-state index contributed by atoms with van der Waals surface area (Å²) in [6.07, 6.45) is 1.04. The smallest absolute Gasteiger partial charge is 0.269 e. The summed E-state index contributed by atoms with van der Waals surface area (Å²) in [6, 6.07) is 6.05. The number of likely N-dealkylation sites (tertiary alicyclic amines) is 1. The van der Waals surface area contributed by atoms with Gasteiger partial charge < -0.3 is 15.1 Å². The lowest BCUT2D eigenvalue weighted by atomic mass is 9.96. The van der Waals surface area contributed by atoms with Gasteiger partial charge >= 0.3 is 0 Å². The summed E-state index contributed by atoms with van der Waals surface area (Å²) in [5.41, 5.74) is 0.417. The van der Waals surface area contributed by atoms with Gasteiger partial charge in [-0.15, -0.1) is 0 Å². The summed E-state index contributed by atoms with van der Waals surface area (Å²) < 4.78 is 13.1. The van der Waals surface area contributed by atoms with Gasteiger partial charge in [0.1, 0.15) is 11.5 Å². The van der Waals surface area contributed by atoms with Crippen LogP contribution in [-0.2, 0) is 21.0 Å². The number of amides is 2. The maximum absolute atomic E-state index is 13.1. The summed E-state index contributed by atoms with van der Waals surface area (Å²) >= 11 is 0. The first kappa shape index (κ1) is 15.5. The molecule has 2 aliphatic rings. The van der Waals surface area contributed by atoms with Gasteiger partial charge in [-0.2, -0.15) is 0 Å². The molecule has 23 heavy (non-hydrogen) atoms. The second-order valence-electron chi connectivity index (χ2n) is 5.99. The van der Waals surface area contributed by atoms with Crippen LogP contribution in [0.1, 0.15) is 25.3 Å². The van der Waals surface area contributed by atoms with Crippen molar-refractivity contribution in [2.45, 2.75) is 31.9 Å². The quantitative estimate of drug-likeness (QED) is 0.910. The molecule has 122 valence electrons. The van der Waals surface area contributed by atoms with Crippen molar-refractivity contribution >= 4 is 17.5 Å².